The van der Waals surface area contributed by atoms with Crippen LogP contribution in [0.25, 0.3) is 11.1 Å². The molecule has 1 aromatic heterocycles. The topological polar surface area (TPSA) is 116 Å². The van der Waals surface area contributed by atoms with E-state index < -0.39 is 0 Å². The van der Waals surface area contributed by atoms with Gasteiger partial charge in [0.2, 0.25) is 11.9 Å². The predicted octanol–water partition coefficient (Wildman–Crippen LogP) is 4.69. The molecule has 0 saturated carbocycles. The third-order valence-electron chi connectivity index (χ3n) is 5.59. The Morgan fingerprint density at radius 2 is 1.62 bits per heavy atom. The molecule has 0 aliphatic rings. The molecule has 0 fully saturated rings. The Bertz CT molecular complexity index is 1100. The third-order valence-corrected chi connectivity index (χ3v) is 5.59. The zero-order chi connectivity index (χ0) is 24.3. The molecule has 0 atom stereocenters. The summed E-state index contributed by atoms with van der Waals surface area (Å²) < 4.78 is 0. The lowest BCUT2D eigenvalue weighted by Gasteiger charge is -2.15. The van der Waals surface area contributed by atoms with Crippen LogP contribution in [0.15, 0.2) is 54.9 Å². The first-order valence-electron chi connectivity index (χ1n) is 11.5. The Labute approximate surface area is 199 Å². The van der Waals surface area contributed by atoms with Gasteiger partial charge in [-0.1, -0.05) is 37.1 Å². The van der Waals surface area contributed by atoms with Crippen molar-refractivity contribution in [3.8, 4) is 11.1 Å². The SMILES string of the molecule is Cc1cccc(C)c1-c1ccc(C(=O)NCCCCCCC(=O)NO)c(Nc2ncccn2)c1. The standard InChI is InChI=1S/C26H31N5O3/c1-18-9-7-10-19(2)24(18)20-12-13-21(22(17-20)30-26-28-15-8-16-29-26)25(33)27-14-6-4-3-5-11-23(32)31-34/h7-10,12-13,15-17,34H,3-6,11,14H2,1-2H3,(H,27,33)(H,31,32)(H,28,29,30). The fourth-order valence-corrected chi connectivity index (χ4v) is 3.87. The van der Waals surface area contributed by atoms with Crippen LogP contribution in [0.4, 0.5) is 11.6 Å². The molecule has 0 unspecified atom stereocenters. The van der Waals surface area contributed by atoms with Crippen molar-refractivity contribution < 1.29 is 14.8 Å². The molecule has 0 saturated heterocycles. The van der Waals surface area contributed by atoms with E-state index in [0.29, 0.717) is 36.6 Å². The summed E-state index contributed by atoms with van der Waals surface area (Å²) in [6.07, 6.45) is 6.83. The van der Waals surface area contributed by atoms with Gasteiger partial charge in [0.1, 0.15) is 0 Å². The van der Waals surface area contributed by atoms with Crippen molar-refractivity contribution in [1.29, 1.82) is 0 Å². The van der Waals surface area contributed by atoms with E-state index in [4.69, 9.17) is 5.21 Å². The quantitative estimate of drug-likeness (QED) is 0.187. The molecule has 0 radical (unpaired) electrons. The number of unbranched alkanes of at least 4 members (excludes halogenated alkanes) is 3. The second kappa shape index (κ2) is 12.5. The van der Waals surface area contributed by atoms with Gasteiger partial charge in [0.05, 0.1) is 11.3 Å². The number of benzene rings is 2. The van der Waals surface area contributed by atoms with Gasteiger partial charge in [-0.25, -0.2) is 15.4 Å². The van der Waals surface area contributed by atoms with Crippen LogP contribution in [0.5, 0.6) is 0 Å². The number of hydroxylamine groups is 1. The number of anilines is 2. The molecule has 1 heterocycles. The number of rotatable bonds is 11. The van der Waals surface area contributed by atoms with Crippen molar-refractivity contribution >= 4 is 23.5 Å². The van der Waals surface area contributed by atoms with Crippen LogP contribution in [-0.2, 0) is 4.79 Å². The van der Waals surface area contributed by atoms with Crippen LogP contribution in [-0.4, -0.2) is 33.5 Å². The van der Waals surface area contributed by atoms with E-state index in [9.17, 15) is 9.59 Å². The minimum Gasteiger partial charge on any atom is -0.352 e. The number of nitrogens with one attached hydrogen (secondary N) is 3. The minimum absolute atomic E-state index is 0.175. The molecular weight excluding hydrogens is 430 g/mol. The van der Waals surface area contributed by atoms with Gasteiger partial charge in [0.15, 0.2) is 0 Å². The molecule has 0 aliphatic carbocycles. The first-order chi connectivity index (χ1) is 16.5. The van der Waals surface area contributed by atoms with Gasteiger partial charge < -0.3 is 10.6 Å². The Balaban J connectivity index is 1.71. The van der Waals surface area contributed by atoms with Crippen LogP contribution in [0.3, 0.4) is 0 Å². The second-order valence-electron chi connectivity index (χ2n) is 8.18. The molecule has 0 bridgehead atoms. The molecule has 0 aliphatic heterocycles. The maximum absolute atomic E-state index is 13.0. The number of nitrogens with zero attached hydrogens (tertiary/aromatic N) is 2. The summed E-state index contributed by atoms with van der Waals surface area (Å²) >= 11 is 0. The highest BCUT2D eigenvalue weighted by molar-refractivity contribution is 6.01. The second-order valence-corrected chi connectivity index (χ2v) is 8.18. The van der Waals surface area contributed by atoms with E-state index in [2.05, 4.69) is 46.6 Å². The lowest BCUT2D eigenvalue weighted by Crippen LogP contribution is -2.25. The summed E-state index contributed by atoms with van der Waals surface area (Å²) in [4.78, 5) is 32.5. The van der Waals surface area contributed by atoms with Gasteiger partial charge in [-0.3, -0.25) is 14.8 Å². The highest BCUT2D eigenvalue weighted by atomic mass is 16.5. The van der Waals surface area contributed by atoms with Crippen molar-refractivity contribution in [2.45, 2.75) is 46.0 Å². The summed E-state index contributed by atoms with van der Waals surface area (Å²) in [5.74, 6) is -0.131. The lowest BCUT2D eigenvalue weighted by molar-refractivity contribution is -0.129. The number of carbonyl (C=O) groups excluding carboxylic acids is 2. The first kappa shape index (κ1) is 24.9. The van der Waals surface area contributed by atoms with Gasteiger partial charge >= 0.3 is 0 Å². The number of aryl methyl sites for hydroxylation is 2. The van der Waals surface area contributed by atoms with Gasteiger partial charge in [-0.05, 0) is 67.1 Å². The Morgan fingerprint density at radius 3 is 2.32 bits per heavy atom. The Morgan fingerprint density at radius 1 is 0.912 bits per heavy atom. The first-order valence-corrected chi connectivity index (χ1v) is 11.5. The van der Waals surface area contributed by atoms with Crippen molar-refractivity contribution in [2.75, 3.05) is 11.9 Å². The van der Waals surface area contributed by atoms with Crippen LogP contribution < -0.4 is 16.1 Å². The molecule has 8 heteroatoms. The molecule has 3 aromatic rings. The summed E-state index contributed by atoms with van der Waals surface area (Å²) in [5.41, 5.74) is 7.26. The zero-order valence-corrected chi connectivity index (χ0v) is 19.6. The summed E-state index contributed by atoms with van der Waals surface area (Å²) in [7, 11) is 0. The normalized spacial score (nSPS) is 10.6. The summed E-state index contributed by atoms with van der Waals surface area (Å²) in [6, 6.07) is 13.7. The van der Waals surface area contributed by atoms with Crippen LogP contribution >= 0.6 is 0 Å². The van der Waals surface area contributed by atoms with E-state index >= 15 is 0 Å². The highest BCUT2D eigenvalue weighted by Crippen LogP contribution is 2.31. The fourth-order valence-electron chi connectivity index (χ4n) is 3.87. The van der Waals surface area contributed by atoms with E-state index in [1.807, 2.05) is 24.3 Å². The third kappa shape index (κ3) is 6.86. The smallest absolute Gasteiger partial charge is 0.253 e. The number of carbonyl (C=O) groups is 2. The zero-order valence-electron chi connectivity index (χ0n) is 19.6. The van der Waals surface area contributed by atoms with Gasteiger partial charge in [-0.15, -0.1) is 0 Å². The molecular formula is C26H31N5O3. The maximum atomic E-state index is 13.0. The van der Waals surface area contributed by atoms with E-state index in [1.54, 1.807) is 23.9 Å². The molecule has 0 spiro atoms. The number of aromatic nitrogens is 2. The molecule has 3 rings (SSSR count). The monoisotopic (exact) mass is 461 g/mol. The Hall–Kier alpha value is -3.78. The van der Waals surface area contributed by atoms with Crippen molar-refractivity contribution in [3.63, 3.8) is 0 Å². The molecule has 2 aromatic carbocycles. The van der Waals surface area contributed by atoms with E-state index in [1.165, 1.54) is 0 Å². The Kier molecular flexibility index (Phi) is 9.11. The van der Waals surface area contributed by atoms with Crippen LogP contribution in [0.2, 0.25) is 0 Å². The van der Waals surface area contributed by atoms with Crippen molar-refractivity contribution in [1.82, 2.24) is 20.8 Å². The van der Waals surface area contributed by atoms with Crippen LogP contribution in [0.1, 0.15) is 53.6 Å². The van der Waals surface area contributed by atoms with Crippen molar-refractivity contribution in [3.05, 3.63) is 71.5 Å². The average molecular weight is 462 g/mol. The lowest BCUT2D eigenvalue weighted by atomic mass is 9.94. The largest absolute Gasteiger partial charge is 0.352 e. The molecule has 2 amide bonds. The number of hydrogen-bond acceptors (Lipinski definition) is 6. The predicted molar refractivity (Wildman–Crippen MR) is 132 cm³/mol. The fraction of sp³-hybridized carbons (Fsp3) is 0.308. The van der Waals surface area contributed by atoms with Crippen molar-refractivity contribution in [2.24, 2.45) is 0 Å². The van der Waals surface area contributed by atoms with Gasteiger partial charge in [-0.2, -0.15) is 0 Å². The molecule has 4 N–H and O–H groups in total. The molecule has 34 heavy (non-hydrogen) atoms. The minimum atomic E-state index is -0.375. The van der Waals surface area contributed by atoms with Gasteiger partial charge in [0, 0.05) is 25.4 Å². The summed E-state index contributed by atoms with van der Waals surface area (Å²) in [6.45, 7) is 4.68. The maximum Gasteiger partial charge on any atom is 0.253 e. The number of hydrogen-bond donors (Lipinski definition) is 4. The van der Waals surface area contributed by atoms with Crippen LogP contribution in [0, 0.1) is 13.8 Å². The van der Waals surface area contributed by atoms with E-state index in [0.717, 1.165) is 41.5 Å². The molecule has 8 nitrogen and oxygen atoms in total. The summed E-state index contributed by atoms with van der Waals surface area (Å²) in [5, 5.41) is 14.7. The van der Waals surface area contributed by atoms with E-state index in [-0.39, 0.29) is 11.8 Å². The highest BCUT2D eigenvalue weighted by Gasteiger charge is 2.15. The van der Waals surface area contributed by atoms with Gasteiger partial charge in [0.25, 0.3) is 5.91 Å². The molecule has 178 valence electrons. The average Bonchev–Trinajstić information content (AvgIpc) is 2.84. The number of amides is 2.